The number of carbonyl (C=O) groups excluding carboxylic acids is 1. The van der Waals surface area contributed by atoms with E-state index in [4.69, 9.17) is 16.3 Å². The van der Waals surface area contributed by atoms with E-state index in [2.05, 4.69) is 62.6 Å². The van der Waals surface area contributed by atoms with Gasteiger partial charge in [-0.15, -0.1) is 0 Å². The zero-order chi connectivity index (χ0) is 38.7. The molecule has 2 bridgehead atoms. The average Bonchev–Trinajstić information content (AvgIpc) is 4.02. The molecule has 1 N–H and O–H groups in total. The Morgan fingerprint density at radius 1 is 1.00 bits per heavy atom. The molecule has 0 radical (unpaired) electrons. The molecule has 1 spiro atoms. The number of carbonyl (C=O) groups is 1. The lowest BCUT2D eigenvalue weighted by Crippen LogP contribution is -2.58. The van der Waals surface area contributed by atoms with Crippen molar-refractivity contribution in [1.82, 2.24) is 14.5 Å². The van der Waals surface area contributed by atoms with E-state index in [1.165, 1.54) is 88.5 Å². The van der Waals surface area contributed by atoms with Gasteiger partial charge in [0, 0.05) is 72.0 Å². The van der Waals surface area contributed by atoms with Crippen molar-refractivity contribution in [2.75, 3.05) is 57.3 Å². The van der Waals surface area contributed by atoms with Crippen LogP contribution in [0, 0.1) is 29.1 Å². The Hall–Kier alpha value is -2.52. The van der Waals surface area contributed by atoms with Crippen LogP contribution in [0.5, 0.6) is 5.75 Å². The first-order valence-electron chi connectivity index (χ1n) is 22.1. The van der Waals surface area contributed by atoms with E-state index in [-0.39, 0.29) is 27.9 Å². The molecule has 56 heavy (non-hydrogen) atoms. The molecule has 0 aromatic heterocycles. The van der Waals surface area contributed by atoms with E-state index < -0.39 is 9.71 Å². The molecule has 2 saturated heterocycles. The first-order valence-corrected chi connectivity index (χ1v) is 24.3. The van der Waals surface area contributed by atoms with E-state index in [9.17, 15) is 9.00 Å². The van der Waals surface area contributed by atoms with E-state index >= 15 is 0 Å². The van der Waals surface area contributed by atoms with Crippen molar-refractivity contribution in [3.8, 4) is 5.75 Å². The largest absolute Gasteiger partial charge is 0.490 e. The van der Waals surface area contributed by atoms with E-state index in [1.54, 1.807) is 0 Å². The van der Waals surface area contributed by atoms with Crippen LogP contribution in [-0.4, -0.2) is 89.5 Å². The number of halogens is 1. The number of piperidine rings is 1. The summed E-state index contributed by atoms with van der Waals surface area (Å²) in [4.78, 5) is 22.2. The van der Waals surface area contributed by atoms with Crippen molar-refractivity contribution < 1.29 is 13.7 Å². The van der Waals surface area contributed by atoms with E-state index in [1.807, 2.05) is 25.1 Å². The Kier molecular flexibility index (Phi) is 10.8. The fraction of sp³-hybridized carbons (Fsp3) is 0.660. The summed E-state index contributed by atoms with van der Waals surface area (Å²) in [5, 5.41) is 0.517. The number of aryl methyl sites for hydroxylation is 1. The maximum atomic E-state index is 14.2. The van der Waals surface area contributed by atoms with Gasteiger partial charge in [-0.3, -0.25) is 19.3 Å². The summed E-state index contributed by atoms with van der Waals surface area (Å²) in [7, 11) is -2.92. The summed E-state index contributed by atoms with van der Waals surface area (Å²) in [5.74, 6) is 6.75. The Morgan fingerprint density at radius 3 is 2.70 bits per heavy atom. The van der Waals surface area contributed by atoms with Gasteiger partial charge in [-0.25, -0.2) is 4.21 Å². The van der Waals surface area contributed by atoms with Gasteiger partial charge in [-0.05, 0) is 149 Å². The number of allylic oxidation sites excluding steroid dienone is 1. The molecular formula is C47H65ClN4O3S. The highest BCUT2D eigenvalue weighted by molar-refractivity contribution is 7.99. The summed E-state index contributed by atoms with van der Waals surface area (Å²) < 4.78 is 24.0. The lowest BCUT2D eigenvalue weighted by molar-refractivity contribution is -0.0149. The van der Waals surface area contributed by atoms with Gasteiger partial charge in [0.15, 0.2) is 0 Å². The zero-order valence-electron chi connectivity index (χ0n) is 34.0. The molecule has 2 aromatic rings. The van der Waals surface area contributed by atoms with Crippen LogP contribution in [-0.2, 0) is 21.5 Å². The molecule has 4 aliphatic heterocycles. The molecule has 4 fully saturated rings. The molecular weight excluding hydrogens is 736 g/mol. The van der Waals surface area contributed by atoms with Crippen molar-refractivity contribution in [3.63, 3.8) is 0 Å². The molecule has 3 aliphatic carbocycles. The molecule has 8 atom stereocenters. The van der Waals surface area contributed by atoms with Crippen LogP contribution in [0.4, 0.5) is 5.69 Å². The number of fused-ring (bicyclic) bond motifs is 5. The second kappa shape index (κ2) is 15.6. The van der Waals surface area contributed by atoms with Crippen molar-refractivity contribution in [2.45, 2.75) is 114 Å². The first kappa shape index (κ1) is 39.0. The van der Waals surface area contributed by atoms with Crippen molar-refractivity contribution in [1.29, 1.82) is 0 Å². The third kappa shape index (κ3) is 7.71. The van der Waals surface area contributed by atoms with Gasteiger partial charge in [0.25, 0.3) is 5.91 Å². The smallest absolute Gasteiger partial charge is 0.262 e. The van der Waals surface area contributed by atoms with Gasteiger partial charge >= 0.3 is 0 Å². The molecule has 7 nitrogen and oxygen atoms in total. The summed E-state index contributed by atoms with van der Waals surface area (Å²) in [6, 6.07) is 13.0. The number of hydrogen-bond acceptors (Lipinski definition) is 6. The molecule has 9 rings (SSSR count). The van der Waals surface area contributed by atoms with Crippen LogP contribution >= 0.6 is 11.6 Å². The molecule has 4 heterocycles. The van der Waals surface area contributed by atoms with Crippen LogP contribution < -0.4 is 14.4 Å². The first-order chi connectivity index (χ1) is 27.0. The fourth-order valence-corrected chi connectivity index (χ4v) is 13.5. The third-order valence-corrected chi connectivity index (χ3v) is 18.1. The van der Waals surface area contributed by atoms with Crippen molar-refractivity contribution in [2.24, 2.45) is 29.1 Å². The molecule has 2 saturated carbocycles. The number of hydrogen-bond donors (Lipinski definition) is 1. The van der Waals surface area contributed by atoms with Crippen LogP contribution in [0.2, 0.25) is 5.02 Å². The summed E-state index contributed by atoms with van der Waals surface area (Å²) in [5.41, 5.74) is 4.09. The number of benzene rings is 2. The van der Waals surface area contributed by atoms with Crippen LogP contribution in [0.3, 0.4) is 0 Å². The summed E-state index contributed by atoms with van der Waals surface area (Å²) >= 11 is 6.58. The SMILES string of the molecule is C=S1(=O)NC(=O)c2ccc3c(c2)N(C[C@@H]2CC[C@H]2[C@@](CCC2CC2)(CN2CCN4CCCC[C@@H]4C2)/C=C/C[C@H](C)[C@H]1C)C[C@@]1(CCCc2cc(Cl)ccc21)CO3. The Balaban J connectivity index is 1.12. The zero-order valence-corrected chi connectivity index (χ0v) is 35.6. The van der Waals surface area contributed by atoms with Crippen molar-refractivity contribution in [3.05, 3.63) is 70.3 Å². The Labute approximate surface area is 342 Å². The van der Waals surface area contributed by atoms with Gasteiger partial charge in [-0.1, -0.05) is 56.0 Å². The number of nitrogens with one attached hydrogen (secondary N) is 1. The predicted molar refractivity (Wildman–Crippen MR) is 232 cm³/mol. The van der Waals surface area contributed by atoms with Crippen molar-refractivity contribution >= 4 is 38.8 Å². The van der Waals surface area contributed by atoms with Gasteiger partial charge in [-0.2, -0.15) is 0 Å². The highest BCUT2D eigenvalue weighted by Crippen LogP contribution is 2.54. The molecule has 2 aromatic carbocycles. The number of amides is 1. The normalized spacial score (nSPS) is 37.2. The monoisotopic (exact) mass is 800 g/mol. The highest BCUT2D eigenvalue weighted by atomic mass is 35.5. The lowest BCUT2D eigenvalue weighted by Gasteiger charge is -2.54. The van der Waals surface area contributed by atoms with Crippen LogP contribution in [0.15, 0.2) is 48.6 Å². The summed E-state index contributed by atoms with van der Waals surface area (Å²) in [6.45, 7) is 12.5. The molecule has 9 heteroatoms. The lowest BCUT2D eigenvalue weighted by atomic mass is 9.56. The van der Waals surface area contributed by atoms with Gasteiger partial charge < -0.3 is 9.64 Å². The number of ether oxygens (including phenoxy) is 1. The van der Waals surface area contributed by atoms with Gasteiger partial charge in [0.05, 0.1) is 22.0 Å². The Bertz CT molecular complexity index is 1930. The van der Waals surface area contributed by atoms with Crippen LogP contribution in [0.1, 0.15) is 112 Å². The molecule has 1 amide bonds. The highest BCUT2D eigenvalue weighted by Gasteiger charge is 2.50. The van der Waals surface area contributed by atoms with E-state index in [0.29, 0.717) is 30.0 Å². The predicted octanol–water partition coefficient (Wildman–Crippen LogP) is 8.53. The third-order valence-electron chi connectivity index (χ3n) is 15.7. The van der Waals surface area contributed by atoms with Gasteiger partial charge in [0.1, 0.15) is 5.75 Å². The second-order valence-corrected chi connectivity index (χ2v) is 22.2. The number of piperazine rings is 1. The molecule has 7 aliphatic rings. The topological polar surface area (TPSA) is 65.1 Å². The molecule has 1 unspecified atom stereocenters. The standard InChI is InChI=1S/C47H65ClN4O3S/c1-33-8-6-20-46(22-19-35-11-12-35,30-50-24-25-51-23-5-4-10-40(51)29-50)42-16-13-38(42)28-52-31-47(21-7-9-36-26-39(48)15-17-41(36)47)32-55-44-18-14-37(27-43(44)52)45(53)49-56(3,54)34(33)2/h6,14-15,17-18,20,26-27,33-35,38,40,42H,3-5,7-13,16,19,21-25,28-32H2,1-2H3,(H,49,53,54)/b20-6+/t33-,34+,38-,40+,42+,46-,47-,56?/m0/s1. The minimum atomic E-state index is -2.92. The number of anilines is 1. The van der Waals surface area contributed by atoms with E-state index in [0.717, 1.165) is 74.2 Å². The van der Waals surface area contributed by atoms with Crippen LogP contribution in [0.25, 0.3) is 0 Å². The Morgan fingerprint density at radius 2 is 1.88 bits per heavy atom. The quantitative estimate of drug-likeness (QED) is 0.242. The molecule has 304 valence electrons. The van der Waals surface area contributed by atoms with Gasteiger partial charge in [0.2, 0.25) is 0 Å². The second-order valence-electron chi connectivity index (χ2n) is 19.3. The minimum absolute atomic E-state index is 0.0847. The minimum Gasteiger partial charge on any atom is -0.490 e. The number of rotatable bonds is 5. The number of nitrogens with zero attached hydrogens (tertiary/aromatic N) is 3. The summed E-state index contributed by atoms with van der Waals surface area (Å²) in [6.07, 6.45) is 21.0. The fourth-order valence-electron chi connectivity index (χ4n) is 11.8. The maximum absolute atomic E-state index is 14.2. The average molecular weight is 802 g/mol. The maximum Gasteiger partial charge on any atom is 0.262 e.